The highest BCUT2D eigenvalue weighted by molar-refractivity contribution is 7.16. The molecule has 21 heavy (non-hydrogen) atoms. The number of benzene rings is 1. The van der Waals surface area contributed by atoms with Gasteiger partial charge in [0, 0.05) is 16.4 Å². The third-order valence-corrected chi connectivity index (χ3v) is 4.21. The summed E-state index contributed by atoms with van der Waals surface area (Å²) in [6, 6.07) is 8.78. The molecule has 112 valence electrons. The first kappa shape index (κ1) is 16.1. The number of carbonyl (C=O) groups is 1. The fourth-order valence-corrected chi connectivity index (χ4v) is 3.17. The number of amides is 1. The van der Waals surface area contributed by atoms with E-state index in [1.54, 1.807) is 18.2 Å². The average molecular weight is 344 g/mol. The van der Waals surface area contributed by atoms with Crippen LogP contribution in [0.1, 0.15) is 4.88 Å². The minimum absolute atomic E-state index is 0.144. The van der Waals surface area contributed by atoms with Crippen molar-refractivity contribution in [1.82, 2.24) is 4.90 Å². The van der Waals surface area contributed by atoms with Gasteiger partial charge in [0.15, 0.2) is 0 Å². The van der Waals surface area contributed by atoms with Crippen LogP contribution in [-0.4, -0.2) is 24.4 Å². The van der Waals surface area contributed by atoms with E-state index in [1.807, 2.05) is 24.1 Å². The molecule has 4 nitrogen and oxygen atoms in total. The van der Waals surface area contributed by atoms with Crippen molar-refractivity contribution in [2.45, 2.75) is 6.54 Å². The lowest BCUT2D eigenvalue weighted by atomic mass is 10.2. The first-order valence-electron chi connectivity index (χ1n) is 6.21. The molecule has 0 radical (unpaired) electrons. The Bertz CT molecular complexity index is 645. The number of anilines is 2. The molecule has 0 aliphatic carbocycles. The van der Waals surface area contributed by atoms with Crippen LogP contribution in [0.3, 0.4) is 0 Å². The molecule has 0 aliphatic rings. The number of thiophene rings is 1. The zero-order valence-corrected chi connectivity index (χ0v) is 13.7. The highest BCUT2D eigenvalue weighted by Gasteiger charge is 2.10. The molecule has 0 aliphatic heterocycles. The summed E-state index contributed by atoms with van der Waals surface area (Å²) in [5, 5.41) is 3.29. The summed E-state index contributed by atoms with van der Waals surface area (Å²) in [5.41, 5.74) is 6.81. The van der Waals surface area contributed by atoms with Gasteiger partial charge in [-0.05, 0) is 37.4 Å². The number of rotatable bonds is 5. The van der Waals surface area contributed by atoms with Crippen LogP contribution in [-0.2, 0) is 11.3 Å². The molecule has 2 aromatic rings. The molecule has 2 rings (SSSR count). The first-order valence-corrected chi connectivity index (χ1v) is 7.79. The van der Waals surface area contributed by atoms with Gasteiger partial charge in [-0.3, -0.25) is 9.69 Å². The number of hydrogen-bond acceptors (Lipinski definition) is 4. The smallest absolute Gasteiger partial charge is 0.238 e. The van der Waals surface area contributed by atoms with Crippen molar-refractivity contribution in [3.63, 3.8) is 0 Å². The number of carbonyl (C=O) groups excluding carboxylic acids is 1. The van der Waals surface area contributed by atoms with Gasteiger partial charge in [-0.25, -0.2) is 0 Å². The van der Waals surface area contributed by atoms with Gasteiger partial charge in [0.25, 0.3) is 0 Å². The number of hydrogen-bond donors (Lipinski definition) is 2. The van der Waals surface area contributed by atoms with Crippen molar-refractivity contribution in [3.05, 3.63) is 44.6 Å². The van der Waals surface area contributed by atoms with Crippen molar-refractivity contribution in [1.29, 1.82) is 0 Å². The Labute approximate surface area is 137 Å². The largest absolute Gasteiger partial charge is 0.397 e. The third kappa shape index (κ3) is 4.89. The lowest BCUT2D eigenvalue weighted by Gasteiger charge is -2.16. The molecule has 0 atom stereocenters. The Kier molecular flexibility index (Phi) is 5.47. The molecule has 7 heteroatoms. The zero-order chi connectivity index (χ0) is 15.4. The summed E-state index contributed by atoms with van der Waals surface area (Å²) in [4.78, 5) is 15.0. The molecule has 0 spiro atoms. The van der Waals surface area contributed by atoms with Crippen LogP contribution in [0, 0.1) is 0 Å². The Morgan fingerprint density at radius 2 is 2.10 bits per heavy atom. The van der Waals surface area contributed by atoms with Gasteiger partial charge in [-0.2, -0.15) is 0 Å². The average Bonchev–Trinajstić information content (AvgIpc) is 2.79. The molecule has 1 amide bonds. The minimum Gasteiger partial charge on any atom is -0.397 e. The number of nitrogens with one attached hydrogen (secondary N) is 1. The zero-order valence-electron chi connectivity index (χ0n) is 11.4. The number of likely N-dealkylation sites (N-methyl/N-ethyl adjacent to an activating group) is 1. The van der Waals surface area contributed by atoms with Crippen LogP contribution >= 0.6 is 34.5 Å². The fourth-order valence-electron chi connectivity index (χ4n) is 1.83. The number of nitrogen functional groups attached to an aromatic ring is 1. The molecule has 0 unspecified atom stereocenters. The summed E-state index contributed by atoms with van der Waals surface area (Å²) in [6.07, 6.45) is 0. The summed E-state index contributed by atoms with van der Waals surface area (Å²) >= 11 is 13.3. The van der Waals surface area contributed by atoms with Crippen LogP contribution in [0.5, 0.6) is 0 Å². The predicted molar refractivity (Wildman–Crippen MR) is 90.2 cm³/mol. The molecule has 1 heterocycles. The van der Waals surface area contributed by atoms with E-state index in [4.69, 9.17) is 28.9 Å². The second kappa shape index (κ2) is 7.13. The quantitative estimate of drug-likeness (QED) is 0.813. The predicted octanol–water partition coefficient (Wildman–Crippen LogP) is 3.71. The van der Waals surface area contributed by atoms with E-state index in [1.165, 1.54) is 11.3 Å². The first-order chi connectivity index (χ1) is 9.94. The van der Waals surface area contributed by atoms with Crippen molar-refractivity contribution in [2.75, 3.05) is 24.6 Å². The lowest BCUT2D eigenvalue weighted by molar-refractivity contribution is -0.117. The van der Waals surface area contributed by atoms with Crippen LogP contribution in [0.25, 0.3) is 0 Å². The van der Waals surface area contributed by atoms with Crippen LogP contribution < -0.4 is 11.1 Å². The fraction of sp³-hybridized carbons (Fsp3) is 0.214. The summed E-state index contributed by atoms with van der Waals surface area (Å²) in [7, 11) is 1.87. The van der Waals surface area contributed by atoms with E-state index >= 15 is 0 Å². The van der Waals surface area contributed by atoms with E-state index in [0.29, 0.717) is 22.9 Å². The molecular formula is C14H15Cl2N3OS. The van der Waals surface area contributed by atoms with Crippen molar-refractivity contribution in [2.24, 2.45) is 0 Å². The molecule has 3 N–H and O–H groups in total. The second-order valence-corrected chi connectivity index (χ2v) is 6.89. The lowest BCUT2D eigenvalue weighted by Crippen LogP contribution is -2.29. The molecule has 1 aromatic heterocycles. The van der Waals surface area contributed by atoms with Gasteiger partial charge in [0.05, 0.1) is 22.3 Å². The SMILES string of the molecule is CN(CC(=O)Nc1cc(Cl)ccc1N)Cc1ccc(Cl)s1. The Morgan fingerprint density at radius 3 is 2.76 bits per heavy atom. The number of nitrogens with zero attached hydrogens (tertiary/aromatic N) is 1. The van der Waals surface area contributed by atoms with Crippen molar-refractivity contribution >= 4 is 51.8 Å². The van der Waals surface area contributed by atoms with Crippen molar-refractivity contribution in [3.8, 4) is 0 Å². The molecule has 0 saturated heterocycles. The van der Waals surface area contributed by atoms with Crippen molar-refractivity contribution < 1.29 is 4.79 Å². The Balaban J connectivity index is 1.90. The van der Waals surface area contributed by atoms with E-state index in [-0.39, 0.29) is 12.5 Å². The number of nitrogens with two attached hydrogens (primary N) is 1. The van der Waals surface area contributed by atoms with Gasteiger partial charge in [-0.1, -0.05) is 23.2 Å². The monoisotopic (exact) mass is 343 g/mol. The van der Waals surface area contributed by atoms with Gasteiger partial charge < -0.3 is 11.1 Å². The summed E-state index contributed by atoms with van der Waals surface area (Å²) in [5.74, 6) is -0.144. The van der Waals surface area contributed by atoms with E-state index in [0.717, 1.165) is 9.21 Å². The van der Waals surface area contributed by atoms with Gasteiger partial charge in [0.2, 0.25) is 5.91 Å². The maximum absolute atomic E-state index is 12.0. The van der Waals surface area contributed by atoms with Gasteiger partial charge in [0.1, 0.15) is 0 Å². The standard InChI is InChI=1S/C14H15Cl2N3OS/c1-19(7-10-3-5-13(16)21-10)8-14(20)18-12-6-9(15)2-4-11(12)17/h2-6H,7-8,17H2,1H3,(H,18,20). The topological polar surface area (TPSA) is 58.4 Å². The Hall–Kier alpha value is -1.27. The van der Waals surface area contributed by atoms with Crippen LogP contribution in [0.15, 0.2) is 30.3 Å². The highest BCUT2D eigenvalue weighted by Crippen LogP contribution is 2.24. The van der Waals surface area contributed by atoms with E-state index in [9.17, 15) is 4.79 Å². The van der Waals surface area contributed by atoms with Crippen LogP contribution in [0.4, 0.5) is 11.4 Å². The summed E-state index contributed by atoms with van der Waals surface area (Å²) < 4.78 is 0.745. The molecule has 0 saturated carbocycles. The highest BCUT2D eigenvalue weighted by atomic mass is 35.5. The second-order valence-electron chi connectivity index (χ2n) is 4.66. The van der Waals surface area contributed by atoms with E-state index < -0.39 is 0 Å². The molecular weight excluding hydrogens is 329 g/mol. The summed E-state index contributed by atoms with van der Waals surface area (Å²) in [6.45, 7) is 0.914. The third-order valence-electron chi connectivity index (χ3n) is 2.76. The van der Waals surface area contributed by atoms with Gasteiger partial charge in [-0.15, -0.1) is 11.3 Å². The minimum atomic E-state index is -0.144. The Morgan fingerprint density at radius 1 is 1.33 bits per heavy atom. The maximum Gasteiger partial charge on any atom is 0.238 e. The normalized spacial score (nSPS) is 10.9. The maximum atomic E-state index is 12.0. The van der Waals surface area contributed by atoms with Gasteiger partial charge >= 0.3 is 0 Å². The number of halogens is 2. The van der Waals surface area contributed by atoms with E-state index in [2.05, 4.69) is 5.32 Å². The molecule has 0 fully saturated rings. The molecule has 0 bridgehead atoms. The molecule has 1 aromatic carbocycles. The van der Waals surface area contributed by atoms with Crippen LogP contribution in [0.2, 0.25) is 9.36 Å².